The lowest BCUT2D eigenvalue weighted by Crippen LogP contribution is -2.52. The Kier molecular flexibility index (Phi) is 5.57. The molecule has 35 heavy (non-hydrogen) atoms. The average molecular weight is 475 g/mol. The first-order valence-corrected chi connectivity index (χ1v) is 12.5. The van der Waals surface area contributed by atoms with E-state index in [-0.39, 0.29) is 35.8 Å². The fourth-order valence-corrected chi connectivity index (χ4v) is 5.94. The smallest absolute Gasteiger partial charge is 0.255 e. The van der Waals surface area contributed by atoms with Crippen LogP contribution in [0.25, 0.3) is 0 Å². The summed E-state index contributed by atoms with van der Waals surface area (Å²) in [6.45, 7) is 2.96. The van der Waals surface area contributed by atoms with Crippen LogP contribution in [0.2, 0.25) is 0 Å². The summed E-state index contributed by atoms with van der Waals surface area (Å²) in [7, 11) is 0. The topological polar surface area (TPSA) is 99.8 Å². The Balaban J connectivity index is 1.18. The van der Waals surface area contributed by atoms with Crippen LogP contribution in [-0.4, -0.2) is 47.4 Å². The minimum absolute atomic E-state index is 0.138. The summed E-state index contributed by atoms with van der Waals surface area (Å²) in [4.78, 5) is 38.6. The molecule has 0 saturated carbocycles. The van der Waals surface area contributed by atoms with Crippen molar-refractivity contribution in [2.45, 2.75) is 62.9 Å². The molecule has 2 unspecified atom stereocenters. The predicted molar refractivity (Wildman–Crippen MR) is 129 cm³/mol. The van der Waals surface area contributed by atoms with E-state index in [2.05, 4.69) is 40.2 Å². The molecule has 0 radical (unpaired) electrons. The van der Waals surface area contributed by atoms with Crippen molar-refractivity contribution in [1.82, 2.24) is 20.9 Å². The van der Waals surface area contributed by atoms with Crippen LogP contribution in [-0.2, 0) is 22.7 Å². The fourth-order valence-electron chi connectivity index (χ4n) is 5.94. The quantitative estimate of drug-likeness (QED) is 0.588. The lowest BCUT2D eigenvalue weighted by atomic mass is 9.81. The molecule has 2 fully saturated rings. The molecule has 4 aliphatic heterocycles. The number of ether oxygens (including phenoxy) is 1. The number of benzene rings is 2. The van der Waals surface area contributed by atoms with Gasteiger partial charge in [0.05, 0.1) is 0 Å². The molecule has 3 amide bonds. The van der Waals surface area contributed by atoms with Crippen LogP contribution >= 0.6 is 0 Å². The molecule has 4 aliphatic rings. The number of carbonyl (C=O) groups excluding carboxylic acids is 3. The SMILES string of the molecule is O=C1CCC(N2Cc3ccc(CNC4CC5(CCNCC5)Oc5ccccc54)cc3C2=O)C(=O)N1. The molecule has 4 heterocycles. The Bertz CT molecular complexity index is 1190. The number of nitrogens with one attached hydrogen (secondary N) is 3. The first-order chi connectivity index (χ1) is 17.0. The molecule has 2 saturated heterocycles. The van der Waals surface area contributed by atoms with E-state index in [1.807, 2.05) is 18.2 Å². The largest absolute Gasteiger partial charge is 0.487 e. The van der Waals surface area contributed by atoms with Gasteiger partial charge in [-0.3, -0.25) is 19.7 Å². The van der Waals surface area contributed by atoms with Crippen LogP contribution in [0.3, 0.4) is 0 Å². The number of para-hydroxylation sites is 1. The Labute approximate surface area is 204 Å². The van der Waals surface area contributed by atoms with Gasteiger partial charge in [0.1, 0.15) is 17.4 Å². The van der Waals surface area contributed by atoms with Crippen LogP contribution in [0.4, 0.5) is 0 Å². The molecule has 6 rings (SSSR count). The highest BCUT2D eigenvalue weighted by Crippen LogP contribution is 2.43. The standard InChI is InChI=1S/C27H30N4O4/c32-24-8-7-22(25(33)30-24)31-16-18-6-5-17(13-20(18)26(31)34)15-29-21-14-27(9-11-28-12-10-27)35-23-4-2-1-3-19(21)23/h1-6,13,21-22,28-29H,7-12,14-16H2,(H,30,32,33). The van der Waals surface area contributed by atoms with E-state index >= 15 is 0 Å². The van der Waals surface area contributed by atoms with Gasteiger partial charge < -0.3 is 20.3 Å². The second kappa shape index (κ2) is 8.77. The van der Waals surface area contributed by atoms with Crippen molar-refractivity contribution in [1.29, 1.82) is 0 Å². The van der Waals surface area contributed by atoms with Crippen LogP contribution < -0.4 is 20.7 Å². The monoisotopic (exact) mass is 474 g/mol. The van der Waals surface area contributed by atoms with Crippen molar-refractivity contribution in [3.8, 4) is 5.75 Å². The molecule has 8 nitrogen and oxygen atoms in total. The Morgan fingerprint density at radius 1 is 1.09 bits per heavy atom. The fraction of sp³-hybridized carbons (Fsp3) is 0.444. The number of imide groups is 1. The van der Waals surface area contributed by atoms with Crippen molar-refractivity contribution < 1.29 is 19.1 Å². The predicted octanol–water partition coefficient (Wildman–Crippen LogP) is 2.18. The van der Waals surface area contributed by atoms with Gasteiger partial charge in [-0.25, -0.2) is 0 Å². The van der Waals surface area contributed by atoms with Crippen molar-refractivity contribution in [3.05, 3.63) is 64.7 Å². The highest BCUT2D eigenvalue weighted by atomic mass is 16.5. The number of piperidine rings is 2. The molecule has 0 aromatic heterocycles. The van der Waals surface area contributed by atoms with Gasteiger partial charge in [0.2, 0.25) is 11.8 Å². The van der Waals surface area contributed by atoms with E-state index in [1.165, 1.54) is 5.56 Å². The van der Waals surface area contributed by atoms with E-state index in [0.717, 1.165) is 49.2 Å². The van der Waals surface area contributed by atoms with Crippen molar-refractivity contribution >= 4 is 17.7 Å². The van der Waals surface area contributed by atoms with Crippen molar-refractivity contribution in [2.75, 3.05) is 13.1 Å². The molecule has 0 aliphatic carbocycles. The van der Waals surface area contributed by atoms with Crippen LogP contribution in [0, 0.1) is 0 Å². The van der Waals surface area contributed by atoms with Gasteiger partial charge in [0, 0.05) is 43.1 Å². The first-order valence-electron chi connectivity index (χ1n) is 12.5. The summed E-state index contributed by atoms with van der Waals surface area (Å²) < 4.78 is 6.52. The third kappa shape index (κ3) is 4.10. The average Bonchev–Trinajstić information content (AvgIpc) is 3.18. The molecule has 1 spiro atoms. The molecule has 2 atom stereocenters. The zero-order valence-corrected chi connectivity index (χ0v) is 19.6. The van der Waals surface area contributed by atoms with Crippen LogP contribution in [0.5, 0.6) is 5.75 Å². The number of hydrogen-bond acceptors (Lipinski definition) is 6. The number of carbonyl (C=O) groups is 3. The molecular formula is C27H30N4O4. The maximum absolute atomic E-state index is 13.2. The second-order valence-corrected chi connectivity index (χ2v) is 10.1. The second-order valence-electron chi connectivity index (χ2n) is 10.1. The van der Waals surface area contributed by atoms with Crippen LogP contribution in [0.15, 0.2) is 42.5 Å². The minimum atomic E-state index is -0.589. The summed E-state index contributed by atoms with van der Waals surface area (Å²) in [5.74, 6) is 0.169. The summed E-state index contributed by atoms with van der Waals surface area (Å²) >= 11 is 0. The maximum Gasteiger partial charge on any atom is 0.255 e. The number of rotatable bonds is 4. The van der Waals surface area contributed by atoms with Gasteiger partial charge in [-0.15, -0.1) is 0 Å². The molecule has 0 bridgehead atoms. The summed E-state index contributed by atoms with van der Waals surface area (Å²) in [6.07, 6.45) is 3.53. The maximum atomic E-state index is 13.2. The van der Waals surface area contributed by atoms with Gasteiger partial charge >= 0.3 is 0 Å². The van der Waals surface area contributed by atoms with Gasteiger partial charge in [-0.1, -0.05) is 30.3 Å². The van der Waals surface area contributed by atoms with E-state index in [0.29, 0.717) is 25.1 Å². The molecule has 2 aromatic rings. The zero-order valence-electron chi connectivity index (χ0n) is 19.6. The molecule has 2 aromatic carbocycles. The molecule has 182 valence electrons. The van der Waals surface area contributed by atoms with E-state index in [4.69, 9.17) is 4.74 Å². The third-order valence-corrected chi connectivity index (χ3v) is 7.86. The van der Waals surface area contributed by atoms with Gasteiger partial charge in [-0.2, -0.15) is 0 Å². The zero-order chi connectivity index (χ0) is 24.0. The van der Waals surface area contributed by atoms with Crippen molar-refractivity contribution in [3.63, 3.8) is 0 Å². The lowest BCUT2D eigenvalue weighted by molar-refractivity contribution is -0.136. The van der Waals surface area contributed by atoms with Gasteiger partial charge in [0.15, 0.2) is 0 Å². The van der Waals surface area contributed by atoms with Gasteiger partial charge in [0.25, 0.3) is 5.91 Å². The van der Waals surface area contributed by atoms with Crippen molar-refractivity contribution in [2.24, 2.45) is 0 Å². The first kappa shape index (κ1) is 22.2. The summed E-state index contributed by atoms with van der Waals surface area (Å²) in [5, 5.41) is 9.52. The Morgan fingerprint density at radius 3 is 2.74 bits per heavy atom. The number of fused-ring (bicyclic) bond motifs is 2. The van der Waals surface area contributed by atoms with E-state index in [9.17, 15) is 14.4 Å². The highest BCUT2D eigenvalue weighted by Gasteiger charge is 2.42. The molecular weight excluding hydrogens is 444 g/mol. The van der Waals surface area contributed by atoms with Crippen LogP contribution in [0.1, 0.15) is 65.2 Å². The van der Waals surface area contributed by atoms with E-state index < -0.39 is 6.04 Å². The summed E-state index contributed by atoms with van der Waals surface area (Å²) in [6, 6.07) is 13.8. The normalized spacial score (nSPS) is 25.1. The number of amides is 3. The van der Waals surface area contributed by atoms with Gasteiger partial charge in [-0.05, 0) is 55.6 Å². The third-order valence-electron chi connectivity index (χ3n) is 7.86. The number of hydrogen-bond donors (Lipinski definition) is 3. The minimum Gasteiger partial charge on any atom is -0.487 e. The number of nitrogens with zero attached hydrogens (tertiary/aromatic N) is 1. The Morgan fingerprint density at radius 2 is 1.91 bits per heavy atom. The lowest BCUT2D eigenvalue weighted by Gasteiger charge is -2.45. The summed E-state index contributed by atoms with van der Waals surface area (Å²) in [5.41, 5.74) is 3.64. The molecule has 3 N–H and O–H groups in total. The molecule has 8 heteroatoms. The Hall–Kier alpha value is -3.23. The van der Waals surface area contributed by atoms with E-state index in [1.54, 1.807) is 4.90 Å². The highest BCUT2D eigenvalue weighted by molar-refractivity contribution is 6.05.